The van der Waals surface area contributed by atoms with Crippen LogP contribution in [0.5, 0.6) is 0 Å². The Morgan fingerprint density at radius 3 is 2.43 bits per heavy atom. The highest BCUT2D eigenvalue weighted by Gasteiger charge is 2.45. The SMILES string of the molecule is CC(C)(O)c1cnnn1[C@H]1C[C@@H](C(=O)NC(CCCCNC(=O)OCc2ccccc2)C(=O)C(N)=O)N(C(=O)[C@@H](CC2CCCCC2)NC(=O)c2ccnc3ncccc23)C1. The largest absolute Gasteiger partial charge is 0.445 e. The van der Waals surface area contributed by atoms with Crippen molar-refractivity contribution in [2.75, 3.05) is 13.1 Å². The molecule has 1 aromatic carbocycles. The van der Waals surface area contributed by atoms with Crippen LogP contribution in [0.1, 0.15) is 106 Å². The molecule has 1 aliphatic carbocycles. The molecule has 1 aliphatic heterocycles. The summed E-state index contributed by atoms with van der Waals surface area (Å²) in [6.07, 6.45) is 9.72. The first-order valence-electron chi connectivity index (χ1n) is 20.8. The zero-order valence-electron chi connectivity index (χ0n) is 34.5. The molecule has 6 N–H and O–H groups in total. The van der Waals surface area contributed by atoms with Gasteiger partial charge in [0.1, 0.15) is 24.3 Å². The number of primary amides is 1. The Bertz CT molecular complexity index is 2180. The van der Waals surface area contributed by atoms with Crippen molar-refractivity contribution in [1.29, 1.82) is 0 Å². The van der Waals surface area contributed by atoms with Crippen molar-refractivity contribution in [3.63, 3.8) is 0 Å². The van der Waals surface area contributed by atoms with E-state index in [1.807, 2.05) is 30.3 Å². The number of ether oxygens (including phenoxy) is 1. The van der Waals surface area contributed by atoms with Gasteiger partial charge in [-0.25, -0.2) is 19.4 Å². The van der Waals surface area contributed by atoms with Gasteiger partial charge in [0.15, 0.2) is 5.65 Å². The van der Waals surface area contributed by atoms with E-state index in [0.29, 0.717) is 36.0 Å². The van der Waals surface area contributed by atoms with Gasteiger partial charge in [-0.2, -0.15) is 0 Å². The van der Waals surface area contributed by atoms with E-state index < -0.39 is 65.3 Å². The van der Waals surface area contributed by atoms with Crippen LogP contribution >= 0.6 is 0 Å². The smallest absolute Gasteiger partial charge is 0.407 e. The number of Topliss-reactive ketones (excluding diaryl/α,β-unsaturated/α-hetero) is 1. The molecule has 0 radical (unpaired) electrons. The predicted octanol–water partition coefficient (Wildman–Crippen LogP) is 3.00. The second-order valence-corrected chi connectivity index (χ2v) is 16.3. The molecular weight excluding hydrogens is 785 g/mol. The second-order valence-electron chi connectivity index (χ2n) is 16.3. The number of amides is 5. The number of likely N-dealkylation sites (tertiary alicyclic amines) is 1. The number of carbonyl (C=O) groups is 6. The maximum absolute atomic E-state index is 14.9. The topological polar surface area (TPSA) is 254 Å². The van der Waals surface area contributed by atoms with E-state index in [9.17, 15) is 33.9 Å². The minimum Gasteiger partial charge on any atom is -0.445 e. The number of aliphatic hydroxyl groups is 1. The fraction of sp³-hybridized carbons (Fsp3) is 0.488. The summed E-state index contributed by atoms with van der Waals surface area (Å²) in [5.74, 6) is -3.84. The third-order valence-electron chi connectivity index (χ3n) is 11.3. The Morgan fingerprint density at radius 2 is 1.69 bits per heavy atom. The first-order valence-corrected chi connectivity index (χ1v) is 20.8. The minimum atomic E-state index is -1.37. The summed E-state index contributed by atoms with van der Waals surface area (Å²) in [6.45, 7) is 3.40. The van der Waals surface area contributed by atoms with Crippen LogP contribution in [0.25, 0.3) is 11.0 Å². The molecule has 6 rings (SSSR count). The van der Waals surface area contributed by atoms with E-state index in [1.54, 1.807) is 38.2 Å². The number of hydrogen-bond acceptors (Lipinski definition) is 12. The third-order valence-corrected chi connectivity index (χ3v) is 11.3. The van der Waals surface area contributed by atoms with E-state index in [0.717, 1.165) is 37.7 Å². The lowest BCUT2D eigenvalue weighted by atomic mass is 9.84. The molecule has 1 saturated carbocycles. The van der Waals surface area contributed by atoms with Crippen LogP contribution in [0.15, 0.2) is 67.1 Å². The van der Waals surface area contributed by atoms with E-state index in [1.165, 1.54) is 22.0 Å². The molecule has 18 heteroatoms. The lowest BCUT2D eigenvalue weighted by molar-refractivity contribution is -0.142. The summed E-state index contributed by atoms with van der Waals surface area (Å²) in [6, 6.07) is 10.0. The Hall–Kier alpha value is -6.30. The molecule has 324 valence electrons. The number of nitrogens with one attached hydrogen (secondary N) is 3. The maximum Gasteiger partial charge on any atom is 0.407 e. The fourth-order valence-corrected chi connectivity index (χ4v) is 8.18. The number of carbonyl (C=O) groups excluding carboxylic acids is 6. The van der Waals surface area contributed by atoms with Crippen molar-refractivity contribution in [3.8, 4) is 0 Å². The molecule has 1 saturated heterocycles. The van der Waals surface area contributed by atoms with E-state index in [4.69, 9.17) is 10.5 Å². The normalized spacial score (nSPS) is 17.9. The Kier molecular flexibility index (Phi) is 14.7. The van der Waals surface area contributed by atoms with Crippen LogP contribution in [0, 0.1) is 5.92 Å². The molecule has 0 bridgehead atoms. The quantitative estimate of drug-likeness (QED) is 0.0717. The van der Waals surface area contributed by atoms with Gasteiger partial charge in [0.25, 0.3) is 11.8 Å². The lowest BCUT2D eigenvalue weighted by Crippen LogP contribution is -2.56. The maximum atomic E-state index is 14.9. The van der Waals surface area contributed by atoms with Gasteiger partial charge in [-0.3, -0.25) is 24.0 Å². The lowest BCUT2D eigenvalue weighted by Gasteiger charge is -2.32. The number of ketones is 1. The number of aromatic nitrogens is 5. The number of nitrogens with zero attached hydrogens (tertiary/aromatic N) is 6. The van der Waals surface area contributed by atoms with Crippen molar-refractivity contribution in [2.24, 2.45) is 11.7 Å². The number of unbranched alkanes of at least 4 members (excludes halogenated alkanes) is 1. The highest BCUT2D eigenvalue weighted by Crippen LogP contribution is 2.34. The molecule has 4 atom stereocenters. The Balaban J connectivity index is 1.20. The van der Waals surface area contributed by atoms with Gasteiger partial charge in [0, 0.05) is 37.3 Å². The molecule has 5 amide bonds. The van der Waals surface area contributed by atoms with Crippen molar-refractivity contribution in [1.82, 2.24) is 45.8 Å². The molecule has 4 heterocycles. The molecule has 4 aromatic rings. The molecule has 61 heavy (non-hydrogen) atoms. The van der Waals surface area contributed by atoms with Gasteiger partial charge in [0.2, 0.25) is 17.6 Å². The Morgan fingerprint density at radius 1 is 0.934 bits per heavy atom. The monoisotopic (exact) mass is 838 g/mol. The molecule has 3 aromatic heterocycles. The highest BCUT2D eigenvalue weighted by atomic mass is 16.5. The standard InChI is InChI=1S/C43H54N10O8/c1-43(2,60)35-24-48-51-53(35)29-23-34(40(57)49-32(36(54)37(44)55)17-9-10-19-47-42(59)61-26-28-14-7-4-8-15-28)52(25-29)41(58)33(22-27-12-5-3-6-13-27)50-39(56)31-18-21-46-38-30(31)16-11-20-45-38/h4,7-8,11,14-16,18,20-21,24,27,29,32-34,60H,3,5-6,9-10,12-13,17,19,22-23,25-26H2,1-2H3,(H2,44,55)(H,47,59)(H,49,57)(H,50,56)/t29-,32?,33+,34-/m0/s1. The van der Waals surface area contributed by atoms with Crippen LogP contribution in [-0.4, -0.2) is 102 Å². The first-order chi connectivity index (χ1) is 29.3. The van der Waals surface area contributed by atoms with Crippen molar-refractivity contribution < 1.29 is 38.6 Å². The zero-order chi connectivity index (χ0) is 43.5. The van der Waals surface area contributed by atoms with Gasteiger partial charge >= 0.3 is 6.09 Å². The van der Waals surface area contributed by atoms with Crippen molar-refractivity contribution in [3.05, 3.63) is 83.9 Å². The summed E-state index contributed by atoms with van der Waals surface area (Å²) < 4.78 is 6.73. The molecule has 1 unspecified atom stereocenters. The predicted molar refractivity (Wildman–Crippen MR) is 221 cm³/mol. The van der Waals surface area contributed by atoms with E-state index in [-0.39, 0.29) is 44.0 Å². The number of rotatable bonds is 18. The molecule has 18 nitrogen and oxygen atoms in total. The van der Waals surface area contributed by atoms with Crippen molar-refractivity contribution >= 4 is 46.5 Å². The zero-order valence-corrected chi connectivity index (χ0v) is 34.5. The number of fused-ring (bicyclic) bond motifs is 1. The van der Waals surface area contributed by atoms with Gasteiger partial charge < -0.3 is 36.4 Å². The first kappa shape index (κ1) is 44.3. The molecule has 2 fully saturated rings. The summed E-state index contributed by atoms with van der Waals surface area (Å²) in [5, 5.41) is 28.0. The third kappa shape index (κ3) is 11.5. The molecular formula is C43H54N10O8. The van der Waals surface area contributed by atoms with Gasteiger partial charge in [-0.05, 0) is 69.2 Å². The summed E-state index contributed by atoms with van der Waals surface area (Å²) >= 11 is 0. The number of benzene rings is 1. The number of hydrogen-bond donors (Lipinski definition) is 5. The molecule has 0 spiro atoms. The summed E-state index contributed by atoms with van der Waals surface area (Å²) in [5.41, 5.74) is 5.90. The number of alkyl carbamates (subject to hydrolysis) is 1. The van der Waals surface area contributed by atoms with Crippen molar-refractivity contribution in [2.45, 2.75) is 114 Å². The van der Waals surface area contributed by atoms with Gasteiger partial charge in [-0.15, -0.1) is 5.10 Å². The van der Waals surface area contributed by atoms with Crippen LogP contribution in [-0.2, 0) is 36.1 Å². The summed E-state index contributed by atoms with van der Waals surface area (Å²) in [4.78, 5) is 90.8. The Labute approximate surface area is 353 Å². The highest BCUT2D eigenvalue weighted by molar-refractivity contribution is 6.37. The average molecular weight is 839 g/mol. The molecule has 2 aliphatic rings. The second kappa shape index (κ2) is 20.3. The van der Waals surface area contributed by atoms with Crippen LogP contribution < -0.4 is 21.7 Å². The van der Waals surface area contributed by atoms with Crippen LogP contribution in [0.2, 0.25) is 0 Å². The number of pyridine rings is 2. The fourth-order valence-electron chi connectivity index (χ4n) is 8.18. The van der Waals surface area contributed by atoms with Crippen LogP contribution in [0.4, 0.5) is 4.79 Å². The van der Waals surface area contributed by atoms with Gasteiger partial charge in [-0.1, -0.05) is 67.6 Å². The van der Waals surface area contributed by atoms with E-state index in [2.05, 4.69) is 36.2 Å². The average Bonchev–Trinajstić information content (AvgIpc) is 3.94. The van der Waals surface area contributed by atoms with E-state index >= 15 is 0 Å². The minimum absolute atomic E-state index is 0.0133. The van der Waals surface area contributed by atoms with Crippen LogP contribution in [0.3, 0.4) is 0 Å². The summed E-state index contributed by atoms with van der Waals surface area (Å²) in [7, 11) is 0. The van der Waals surface area contributed by atoms with Gasteiger partial charge in [0.05, 0.1) is 29.5 Å². The number of nitrogens with two attached hydrogens (primary N) is 1.